The third-order valence-electron chi connectivity index (χ3n) is 2.72. The maximum atomic E-state index is 11.0. The summed E-state index contributed by atoms with van der Waals surface area (Å²) in [7, 11) is 0. The van der Waals surface area contributed by atoms with Crippen molar-refractivity contribution < 1.29 is 32.1 Å². The van der Waals surface area contributed by atoms with Crippen LogP contribution in [0.4, 0.5) is 0 Å². The van der Waals surface area contributed by atoms with Crippen molar-refractivity contribution in [1.29, 1.82) is 0 Å². The Hall–Kier alpha value is -1.74. The number of esters is 1. The van der Waals surface area contributed by atoms with E-state index in [1.165, 1.54) is 6.92 Å². The van der Waals surface area contributed by atoms with Crippen molar-refractivity contribution in [1.82, 2.24) is 19.9 Å². The number of fused-ring (bicyclic) bond motifs is 1. The maximum absolute atomic E-state index is 11.0. The quantitative estimate of drug-likeness (QED) is 0.342. The summed E-state index contributed by atoms with van der Waals surface area (Å²) in [5.41, 5.74) is 2.89. The van der Waals surface area contributed by atoms with Crippen LogP contribution in [-0.4, -0.2) is 25.9 Å². The largest absolute Gasteiger partial charge is 0.714 e. The van der Waals surface area contributed by atoms with E-state index in [1.807, 2.05) is 22.6 Å². The molecule has 3 aromatic rings. The lowest BCUT2D eigenvalue weighted by molar-refractivity contribution is -0.346. The Balaban J connectivity index is 2.09. The highest BCUT2D eigenvalue weighted by atomic mass is 127. The summed E-state index contributed by atoms with van der Waals surface area (Å²) >= 11 is 8.31. The van der Waals surface area contributed by atoms with Crippen molar-refractivity contribution in [2.75, 3.05) is 0 Å². The van der Waals surface area contributed by atoms with Gasteiger partial charge in [0.05, 0.1) is 16.1 Å². The molecule has 2 aromatic heterocycles. The van der Waals surface area contributed by atoms with E-state index >= 15 is 0 Å². The van der Waals surface area contributed by atoms with Gasteiger partial charge >= 0.3 is 12.0 Å². The molecular weight excluding hydrogens is 407 g/mol. The molecule has 0 fully saturated rings. The predicted molar refractivity (Wildman–Crippen MR) is 72.1 cm³/mol. The Morgan fingerprint density at radius 3 is 2.71 bits per heavy atom. The van der Waals surface area contributed by atoms with Gasteiger partial charge in [-0.05, 0) is 16.0 Å². The van der Waals surface area contributed by atoms with E-state index in [0.717, 1.165) is 11.1 Å². The second kappa shape index (κ2) is 5.57. The van der Waals surface area contributed by atoms with Crippen LogP contribution in [0.5, 0.6) is 6.01 Å². The van der Waals surface area contributed by atoms with E-state index in [0.29, 0.717) is 19.9 Å². The average molecular weight is 415 g/mol. The highest BCUT2D eigenvalue weighted by Gasteiger charge is 2.11. The standard InChI is InChI=1S/C13H8ClIN4O2/c1-6(20)21-13-18-10-2-8(9(14)3-11(10)19-13)7-4-16-12(15)17-5-7/h2-5H,1H3,(H,18,19)/q-1. The fraction of sp³-hybridized carbons (Fsp3) is 0.0769. The number of H-pyrrole nitrogens is 1. The third kappa shape index (κ3) is 2.98. The summed E-state index contributed by atoms with van der Waals surface area (Å²) in [5.74, 6) is -0.439. The van der Waals surface area contributed by atoms with E-state index in [-0.39, 0.29) is 6.01 Å². The van der Waals surface area contributed by atoms with Gasteiger partial charge in [-0.2, -0.15) is 4.98 Å². The van der Waals surface area contributed by atoms with Gasteiger partial charge in [-0.1, -0.05) is 11.6 Å². The van der Waals surface area contributed by atoms with E-state index in [2.05, 4.69) is 19.9 Å². The Morgan fingerprint density at radius 1 is 1.33 bits per heavy atom. The van der Waals surface area contributed by atoms with Gasteiger partial charge in [-0.15, -0.1) is 0 Å². The highest BCUT2D eigenvalue weighted by Crippen LogP contribution is 2.31. The van der Waals surface area contributed by atoms with Crippen molar-refractivity contribution in [3.8, 4) is 17.1 Å². The van der Waals surface area contributed by atoms with Crippen LogP contribution in [0.3, 0.4) is 0 Å². The van der Waals surface area contributed by atoms with Gasteiger partial charge in [0.15, 0.2) is 0 Å². The van der Waals surface area contributed by atoms with Gasteiger partial charge < -0.3 is 32.3 Å². The number of carbonyl (C=O) groups is 1. The molecule has 0 bridgehead atoms. The van der Waals surface area contributed by atoms with Crippen LogP contribution in [0.2, 0.25) is 5.02 Å². The van der Waals surface area contributed by atoms with Crippen LogP contribution < -0.4 is 27.3 Å². The molecule has 0 aliphatic carbocycles. The lowest BCUT2D eigenvalue weighted by Crippen LogP contribution is -3.34. The first-order chi connectivity index (χ1) is 10.0. The summed E-state index contributed by atoms with van der Waals surface area (Å²) < 4.78 is 5.58. The second-order valence-electron chi connectivity index (χ2n) is 4.23. The number of rotatable bonds is 2. The number of imidazole rings is 1. The van der Waals surface area contributed by atoms with Crippen LogP contribution in [-0.2, 0) is 4.79 Å². The minimum Gasteiger partial charge on any atom is -0.714 e. The Morgan fingerprint density at radius 2 is 2.05 bits per heavy atom. The fourth-order valence-corrected chi connectivity index (χ4v) is 2.42. The lowest BCUT2D eigenvalue weighted by atomic mass is 10.1. The van der Waals surface area contributed by atoms with Crippen molar-refractivity contribution >= 4 is 28.6 Å². The Labute approximate surface area is 138 Å². The maximum Gasteiger partial charge on any atom is 0.310 e. The minimum atomic E-state index is -0.439. The van der Waals surface area contributed by atoms with E-state index < -0.39 is 5.97 Å². The number of ether oxygens (including phenoxy) is 1. The molecule has 0 aliphatic rings. The minimum absolute atomic E-state index is 0.143. The molecule has 1 aromatic carbocycles. The number of hydrogen-bond acceptors (Lipinski definition) is 5. The summed E-state index contributed by atoms with van der Waals surface area (Å²) in [6.07, 6.45) is 3.39. The van der Waals surface area contributed by atoms with Crippen molar-refractivity contribution in [2.45, 2.75) is 6.92 Å². The predicted octanol–water partition coefficient (Wildman–Crippen LogP) is -0.678. The first kappa shape index (κ1) is 14.2. The molecule has 0 spiro atoms. The molecule has 3 rings (SSSR count). The SMILES string of the molecule is CC(=O)Oc1nc2cc(-c3cnc([I-])nc3)c(Cl)cc2[nH]1. The van der Waals surface area contributed by atoms with Gasteiger partial charge in [-0.25, -0.2) is 0 Å². The van der Waals surface area contributed by atoms with E-state index in [4.69, 9.17) is 16.3 Å². The normalized spacial score (nSPS) is 10.8. The Bertz CT molecular complexity index is 832. The number of nitrogens with zero attached hydrogens (tertiary/aromatic N) is 3. The summed E-state index contributed by atoms with van der Waals surface area (Å²) in [4.78, 5) is 26.3. The van der Waals surface area contributed by atoms with Crippen LogP contribution in [0.15, 0.2) is 24.5 Å². The number of aromatic nitrogens is 4. The van der Waals surface area contributed by atoms with Crippen molar-refractivity contribution in [3.05, 3.63) is 33.4 Å². The van der Waals surface area contributed by atoms with Crippen LogP contribution in [0.1, 0.15) is 6.92 Å². The monoisotopic (exact) mass is 414 g/mol. The molecule has 1 N–H and O–H groups in total. The van der Waals surface area contributed by atoms with Gasteiger partial charge in [-0.3, -0.25) is 14.8 Å². The molecule has 0 saturated heterocycles. The molecule has 1 radical (unpaired) electrons. The summed E-state index contributed by atoms with van der Waals surface area (Å²) in [6.45, 7) is 1.31. The fourth-order valence-electron chi connectivity index (χ4n) is 1.86. The summed E-state index contributed by atoms with van der Waals surface area (Å²) in [5, 5.41) is 0.533. The first-order valence-corrected chi connectivity index (χ1v) is 7.34. The average Bonchev–Trinajstić information content (AvgIpc) is 2.79. The zero-order chi connectivity index (χ0) is 15.0. The van der Waals surface area contributed by atoms with Crippen molar-refractivity contribution in [2.24, 2.45) is 0 Å². The number of hydrogen-bond donors (Lipinski definition) is 1. The molecule has 0 aliphatic heterocycles. The van der Waals surface area contributed by atoms with E-state index in [9.17, 15) is 4.79 Å². The molecule has 107 valence electrons. The van der Waals surface area contributed by atoms with Gasteiger partial charge in [0.1, 0.15) is 0 Å². The number of halogens is 2. The van der Waals surface area contributed by atoms with Gasteiger partial charge in [0, 0.05) is 30.4 Å². The molecule has 6 nitrogen and oxygen atoms in total. The molecule has 0 unspecified atom stereocenters. The van der Waals surface area contributed by atoms with Gasteiger partial charge in [0.25, 0.3) is 0 Å². The smallest absolute Gasteiger partial charge is 0.310 e. The first-order valence-electron chi connectivity index (χ1n) is 5.88. The number of carbonyl (C=O) groups excluding carboxylic acids is 1. The number of nitrogens with one attached hydrogen (secondary N) is 1. The van der Waals surface area contributed by atoms with Crippen LogP contribution >= 0.6 is 11.6 Å². The molecule has 0 atom stereocenters. The highest BCUT2D eigenvalue weighted by molar-refractivity contribution is 6.34. The van der Waals surface area contributed by atoms with Gasteiger partial charge in [0.2, 0.25) is 0 Å². The topological polar surface area (TPSA) is 80.8 Å². The third-order valence-corrected chi connectivity index (χ3v) is 3.59. The molecule has 2 heterocycles. The van der Waals surface area contributed by atoms with Crippen LogP contribution in [0.25, 0.3) is 22.2 Å². The van der Waals surface area contributed by atoms with E-state index in [1.54, 1.807) is 24.5 Å². The Kier molecular flexibility index (Phi) is 3.77. The molecule has 0 saturated carbocycles. The number of aromatic amines is 1. The van der Waals surface area contributed by atoms with Crippen LogP contribution in [0, 0.1) is 3.83 Å². The number of benzene rings is 1. The summed E-state index contributed by atoms with van der Waals surface area (Å²) in [6, 6.07) is 3.67. The second-order valence-corrected chi connectivity index (χ2v) is 5.60. The zero-order valence-electron chi connectivity index (χ0n) is 10.7. The zero-order valence-corrected chi connectivity index (χ0v) is 13.6. The molecular formula is C13H8ClIN4O2-. The lowest BCUT2D eigenvalue weighted by Gasteiger charge is -2.06. The van der Waals surface area contributed by atoms with Crippen molar-refractivity contribution in [3.63, 3.8) is 0 Å². The molecule has 21 heavy (non-hydrogen) atoms. The molecule has 0 amide bonds. The molecule has 8 heteroatoms.